The first kappa shape index (κ1) is 24.8. The average molecular weight is 464 g/mol. The third-order valence-corrected chi connectivity index (χ3v) is 5.97. The number of hydrogen-bond acceptors (Lipinski definition) is 6. The van der Waals surface area contributed by atoms with E-state index in [4.69, 9.17) is 4.74 Å². The lowest BCUT2D eigenvalue weighted by atomic mass is 9.98. The average Bonchev–Trinajstić information content (AvgIpc) is 3.12. The molecule has 180 valence electrons. The standard InChI is InChI=1S/C23H30FN3O6/c1-15-13-27(22(32)26-20(15)30)23(12-18(29)19(14-28)33-23)10-6-2-3-7-11-25-21(31)16-8-4-5-9-17(16)24/h4-5,8-9,13,18-19,28-29H,2-3,6-7,10-12,14H2,1H3,(H,25,31)(H,26,30,32)/t18-,19+,23+/m0/s1. The lowest BCUT2D eigenvalue weighted by molar-refractivity contribution is -0.125. The van der Waals surface area contributed by atoms with Crippen molar-refractivity contribution in [3.05, 3.63) is 68.2 Å². The number of amides is 1. The Balaban J connectivity index is 1.54. The van der Waals surface area contributed by atoms with E-state index in [2.05, 4.69) is 10.3 Å². The second-order valence-corrected chi connectivity index (χ2v) is 8.40. The number of nitrogens with one attached hydrogen (secondary N) is 2. The Labute approximate surface area is 190 Å². The van der Waals surface area contributed by atoms with Crippen molar-refractivity contribution >= 4 is 5.91 Å². The lowest BCUT2D eigenvalue weighted by Crippen LogP contribution is -2.45. The van der Waals surface area contributed by atoms with Gasteiger partial charge in [0.05, 0.1) is 18.3 Å². The second-order valence-electron chi connectivity index (χ2n) is 8.40. The molecule has 1 aliphatic heterocycles. The molecule has 0 spiro atoms. The highest BCUT2D eigenvalue weighted by molar-refractivity contribution is 5.94. The summed E-state index contributed by atoms with van der Waals surface area (Å²) in [5, 5.41) is 22.5. The Bertz CT molecular complexity index is 1080. The molecule has 1 amide bonds. The first-order valence-electron chi connectivity index (χ1n) is 11.1. The summed E-state index contributed by atoms with van der Waals surface area (Å²) in [6.45, 7) is 1.59. The van der Waals surface area contributed by atoms with Crippen molar-refractivity contribution in [3.63, 3.8) is 0 Å². The van der Waals surface area contributed by atoms with Crippen molar-refractivity contribution in [3.8, 4) is 0 Å². The molecule has 3 rings (SSSR count). The summed E-state index contributed by atoms with van der Waals surface area (Å²) < 4.78 is 20.9. The minimum atomic E-state index is -1.17. The van der Waals surface area contributed by atoms with Gasteiger partial charge in [-0.05, 0) is 38.3 Å². The number of benzene rings is 1. The van der Waals surface area contributed by atoms with Gasteiger partial charge in [0.1, 0.15) is 11.9 Å². The minimum absolute atomic E-state index is 0.0106. The first-order valence-corrected chi connectivity index (χ1v) is 11.1. The zero-order valence-corrected chi connectivity index (χ0v) is 18.6. The molecule has 1 aromatic heterocycles. The molecule has 1 aromatic carbocycles. The Morgan fingerprint density at radius 3 is 2.70 bits per heavy atom. The molecule has 0 bridgehead atoms. The van der Waals surface area contributed by atoms with Gasteiger partial charge in [-0.2, -0.15) is 0 Å². The van der Waals surface area contributed by atoms with Crippen LogP contribution < -0.4 is 16.6 Å². The van der Waals surface area contributed by atoms with E-state index in [1.165, 1.54) is 29.0 Å². The SMILES string of the molecule is Cc1cn([C@@]2(CCCCCCNC(=O)c3ccccc3F)C[C@H](O)[C@@H](CO)O2)c(=O)[nH]c1=O. The van der Waals surface area contributed by atoms with Gasteiger partial charge in [0.15, 0.2) is 5.72 Å². The Hall–Kier alpha value is -2.82. The van der Waals surface area contributed by atoms with E-state index in [0.29, 0.717) is 31.4 Å². The van der Waals surface area contributed by atoms with E-state index >= 15 is 0 Å². The molecule has 10 heteroatoms. The van der Waals surface area contributed by atoms with E-state index in [0.717, 1.165) is 12.8 Å². The minimum Gasteiger partial charge on any atom is -0.394 e. The van der Waals surface area contributed by atoms with Crippen LogP contribution in [0.4, 0.5) is 4.39 Å². The predicted octanol–water partition coefficient (Wildman–Crippen LogP) is 1.16. The number of aliphatic hydroxyl groups excluding tert-OH is 2. The van der Waals surface area contributed by atoms with E-state index in [9.17, 15) is 29.0 Å². The van der Waals surface area contributed by atoms with E-state index in [1.807, 2.05) is 0 Å². The van der Waals surface area contributed by atoms with Gasteiger partial charge in [0.2, 0.25) is 0 Å². The van der Waals surface area contributed by atoms with Crippen molar-refractivity contribution in [2.75, 3.05) is 13.2 Å². The largest absolute Gasteiger partial charge is 0.394 e. The number of aromatic nitrogens is 2. The molecule has 2 heterocycles. The third-order valence-electron chi connectivity index (χ3n) is 5.97. The number of carbonyl (C=O) groups excluding carboxylic acids is 1. The van der Waals surface area contributed by atoms with Crippen LogP contribution in [0.5, 0.6) is 0 Å². The fraction of sp³-hybridized carbons (Fsp3) is 0.522. The number of H-pyrrole nitrogens is 1. The molecule has 0 aliphatic carbocycles. The smallest absolute Gasteiger partial charge is 0.330 e. The van der Waals surface area contributed by atoms with E-state index < -0.39 is 40.9 Å². The van der Waals surface area contributed by atoms with Crippen LogP contribution in [-0.2, 0) is 10.5 Å². The Morgan fingerprint density at radius 1 is 1.27 bits per heavy atom. The van der Waals surface area contributed by atoms with Crippen LogP contribution in [0.1, 0.15) is 54.4 Å². The topological polar surface area (TPSA) is 134 Å². The predicted molar refractivity (Wildman–Crippen MR) is 118 cm³/mol. The highest BCUT2D eigenvalue weighted by Gasteiger charge is 2.47. The quantitative estimate of drug-likeness (QED) is 0.391. The number of aliphatic hydroxyl groups is 2. The normalized spacial score (nSPS) is 22.4. The van der Waals surface area contributed by atoms with Crippen LogP contribution in [-0.4, -0.2) is 51.0 Å². The molecule has 1 saturated heterocycles. The number of unbranched alkanes of at least 4 members (excludes halogenated alkanes) is 3. The van der Waals surface area contributed by atoms with Gasteiger partial charge in [-0.3, -0.25) is 19.1 Å². The molecule has 1 aliphatic rings. The van der Waals surface area contributed by atoms with Gasteiger partial charge in [0.25, 0.3) is 11.5 Å². The van der Waals surface area contributed by atoms with Crippen LogP contribution in [0.3, 0.4) is 0 Å². The van der Waals surface area contributed by atoms with Gasteiger partial charge >= 0.3 is 5.69 Å². The maximum Gasteiger partial charge on any atom is 0.330 e. The van der Waals surface area contributed by atoms with Crippen LogP contribution in [0, 0.1) is 12.7 Å². The van der Waals surface area contributed by atoms with Gasteiger partial charge in [-0.1, -0.05) is 25.0 Å². The van der Waals surface area contributed by atoms with Crippen LogP contribution >= 0.6 is 0 Å². The number of aryl methyl sites for hydroxylation is 1. The summed E-state index contributed by atoms with van der Waals surface area (Å²) in [4.78, 5) is 38.5. The van der Waals surface area contributed by atoms with Crippen LogP contribution in [0.2, 0.25) is 0 Å². The third kappa shape index (κ3) is 5.76. The summed E-state index contributed by atoms with van der Waals surface area (Å²) in [5.74, 6) is -1.02. The summed E-state index contributed by atoms with van der Waals surface area (Å²) in [6.07, 6.45) is 3.05. The van der Waals surface area contributed by atoms with Crippen LogP contribution in [0.15, 0.2) is 40.1 Å². The summed E-state index contributed by atoms with van der Waals surface area (Å²) in [7, 11) is 0. The first-order chi connectivity index (χ1) is 15.8. The Kier molecular flexibility index (Phi) is 8.17. The van der Waals surface area contributed by atoms with Crippen molar-refractivity contribution in [2.45, 2.75) is 63.4 Å². The molecule has 1 fully saturated rings. The maximum absolute atomic E-state index is 13.6. The number of nitrogens with zero attached hydrogens (tertiary/aromatic N) is 1. The van der Waals surface area contributed by atoms with Crippen LogP contribution in [0.25, 0.3) is 0 Å². The van der Waals surface area contributed by atoms with Crippen molar-refractivity contribution in [1.82, 2.24) is 14.9 Å². The number of ether oxygens (including phenoxy) is 1. The van der Waals surface area contributed by atoms with Gasteiger partial charge < -0.3 is 20.3 Å². The number of aromatic amines is 1. The molecule has 9 nitrogen and oxygen atoms in total. The molecule has 0 saturated carbocycles. The van der Waals surface area contributed by atoms with Gasteiger partial charge in [-0.25, -0.2) is 9.18 Å². The molecule has 33 heavy (non-hydrogen) atoms. The second kappa shape index (κ2) is 10.9. The molecule has 2 aromatic rings. The maximum atomic E-state index is 13.6. The molecule has 0 unspecified atom stereocenters. The number of rotatable bonds is 10. The monoisotopic (exact) mass is 463 g/mol. The van der Waals surface area contributed by atoms with Crippen molar-refractivity contribution < 1.29 is 24.1 Å². The summed E-state index contributed by atoms with van der Waals surface area (Å²) in [6, 6.07) is 5.80. The zero-order valence-electron chi connectivity index (χ0n) is 18.6. The van der Waals surface area contributed by atoms with Gasteiger partial charge in [0, 0.05) is 24.7 Å². The van der Waals surface area contributed by atoms with E-state index in [1.54, 1.807) is 13.0 Å². The zero-order chi connectivity index (χ0) is 24.0. The Morgan fingerprint density at radius 2 is 2.00 bits per heavy atom. The fourth-order valence-corrected chi connectivity index (χ4v) is 4.15. The number of hydrogen-bond donors (Lipinski definition) is 4. The molecule has 0 radical (unpaired) electrons. The van der Waals surface area contributed by atoms with Crippen molar-refractivity contribution in [1.29, 1.82) is 0 Å². The summed E-state index contributed by atoms with van der Waals surface area (Å²) in [5.41, 5.74) is -1.94. The number of halogens is 1. The summed E-state index contributed by atoms with van der Waals surface area (Å²) >= 11 is 0. The fourth-order valence-electron chi connectivity index (χ4n) is 4.15. The molecule has 4 N–H and O–H groups in total. The highest BCUT2D eigenvalue weighted by atomic mass is 19.1. The van der Waals surface area contributed by atoms with Crippen molar-refractivity contribution in [2.24, 2.45) is 0 Å². The molecule has 3 atom stereocenters. The molecular weight excluding hydrogens is 433 g/mol. The lowest BCUT2D eigenvalue weighted by Gasteiger charge is -2.31. The number of carbonyl (C=O) groups is 1. The highest BCUT2D eigenvalue weighted by Crippen LogP contribution is 2.38. The molecular formula is C23H30FN3O6. The van der Waals surface area contributed by atoms with E-state index in [-0.39, 0.29) is 18.6 Å². The van der Waals surface area contributed by atoms with Gasteiger partial charge in [-0.15, -0.1) is 0 Å².